The number of esters is 1. The minimum absolute atomic E-state index is 0.384. The molecule has 6 heteroatoms. The van der Waals surface area contributed by atoms with Crippen molar-refractivity contribution >= 4 is 29.3 Å². The molecule has 1 N–H and O–H groups in total. The molecule has 1 atom stereocenters. The summed E-state index contributed by atoms with van der Waals surface area (Å²) in [4.78, 5) is 26.9. The van der Waals surface area contributed by atoms with Crippen LogP contribution in [0, 0.1) is 6.92 Å². The Balaban J connectivity index is 1.86. The maximum atomic E-state index is 13.1. The van der Waals surface area contributed by atoms with Crippen molar-refractivity contribution < 1.29 is 19.1 Å². The maximum Gasteiger partial charge on any atom is 0.339 e. The molecular formula is C24H23NO4S. The number of benzene rings is 3. The molecule has 0 spiro atoms. The Kier molecular flexibility index (Phi) is 7.14. The second kappa shape index (κ2) is 9.98. The van der Waals surface area contributed by atoms with Gasteiger partial charge in [0, 0.05) is 10.5 Å². The van der Waals surface area contributed by atoms with Crippen molar-refractivity contribution in [3.63, 3.8) is 0 Å². The van der Waals surface area contributed by atoms with Gasteiger partial charge in [-0.05, 0) is 55.1 Å². The first-order valence-corrected chi connectivity index (χ1v) is 10.6. The number of methoxy groups -OCH3 is 1. The summed E-state index contributed by atoms with van der Waals surface area (Å²) >= 11 is 1.58. The lowest BCUT2D eigenvalue weighted by Gasteiger charge is -2.19. The highest BCUT2D eigenvalue weighted by atomic mass is 32.2. The molecule has 0 heterocycles. The largest absolute Gasteiger partial charge is 0.495 e. The molecule has 0 saturated carbocycles. The van der Waals surface area contributed by atoms with E-state index in [9.17, 15) is 9.59 Å². The van der Waals surface area contributed by atoms with Gasteiger partial charge >= 0.3 is 5.97 Å². The average molecular weight is 422 g/mol. The molecular weight excluding hydrogens is 398 g/mol. The van der Waals surface area contributed by atoms with E-state index >= 15 is 0 Å². The smallest absolute Gasteiger partial charge is 0.339 e. The highest BCUT2D eigenvalue weighted by Gasteiger charge is 2.26. The van der Waals surface area contributed by atoms with Gasteiger partial charge in [0.15, 0.2) is 0 Å². The summed E-state index contributed by atoms with van der Waals surface area (Å²) in [6, 6.07) is 21.5. The van der Waals surface area contributed by atoms with E-state index < -0.39 is 18.0 Å². The van der Waals surface area contributed by atoms with E-state index in [-0.39, 0.29) is 0 Å². The van der Waals surface area contributed by atoms with Gasteiger partial charge in [0.1, 0.15) is 5.75 Å². The Morgan fingerprint density at radius 1 is 0.967 bits per heavy atom. The summed E-state index contributed by atoms with van der Waals surface area (Å²) < 4.78 is 11.0. The van der Waals surface area contributed by atoms with E-state index in [1.54, 1.807) is 54.2 Å². The van der Waals surface area contributed by atoms with Crippen molar-refractivity contribution in [2.75, 3.05) is 18.7 Å². The summed E-state index contributed by atoms with van der Waals surface area (Å²) in [7, 11) is 1.53. The zero-order valence-electron chi connectivity index (χ0n) is 17.0. The second-order valence-corrected chi connectivity index (χ2v) is 7.50. The van der Waals surface area contributed by atoms with Crippen LogP contribution in [-0.4, -0.2) is 25.2 Å². The number of aryl methyl sites for hydroxylation is 1. The van der Waals surface area contributed by atoms with E-state index in [0.717, 1.165) is 10.5 Å². The van der Waals surface area contributed by atoms with Crippen LogP contribution in [0.25, 0.3) is 0 Å². The molecule has 3 rings (SSSR count). The predicted molar refractivity (Wildman–Crippen MR) is 119 cm³/mol. The van der Waals surface area contributed by atoms with E-state index in [1.165, 1.54) is 7.11 Å². The van der Waals surface area contributed by atoms with E-state index in [4.69, 9.17) is 9.47 Å². The number of carbonyl (C=O) groups is 2. The number of anilines is 1. The van der Waals surface area contributed by atoms with Crippen molar-refractivity contribution in [3.8, 4) is 5.75 Å². The number of amides is 1. The Morgan fingerprint density at radius 3 is 2.30 bits per heavy atom. The Bertz CT molecular complexity index is 1020. The molecule has 0 radical (unpaired) electrons. The van der Waals surface area contributed by atoms with Crippen molar-refractivity contribution in [1.29, 1.82) is 0 Å². The Morgan fingerprint density at radius 2 is 1.67 bits per heavy atom. The van der Waals surface area contributed by atoms with Gasteiger partial charge in [-0.3, -0.25) is 4.79 Å². The summed E-state index contributed by atoms with van der Waals surface area (Å²) in [5.74, 6) is -0.498. The fraction of sp³-hybridized carbons (Fsp3) is 0.167. The number of ether oxygens (including phenoxy) is 2. The minimum Gasteiger partial charge on any atom is -0.495 e. The van der Waals surface area contributed by atoms with E-state index in [0.29, 0.717) is 22.6 Å². The first kappa shape index (κ1) is 21.5. The number of carbonyl (C=O) groups excluding carboxylic acids is 2. The molecule has 5 nitrogen and oxygen atoms in total. The minimum atomic E-state index is -1.11. The molecule has 0 aliphatic carbocycles. The highest BCUT2D eigenvalue weighted by Crippen LogP contribution is 2.28. The van der Waals surface area contributed by atoms with Crippen LogP contribution < -0.4 is 10.1 Å². The summed E-state index contributed by atoms with van der Waals surface area (Å²) in [6.45, 7) is 1.92. The average Bonchev–Trinajstić information content (AvgIpc) is 2.78. The lowest BCUT2D eigenvalue weighted by atomic mass is 10.1. The fourth-order valence-electron chi connectivity index (χ4n) is 2.92. The molecule has 1 amide bonds. The third-order valence-corrected chi connectivity index (χ3v) is 5.25. The van der Waals surface area contributed by atoms with Crippen LogP contribution in [0.3, 0.4) is 0 Å². The lowest BCUT2D eigenvalue weighted by molar-refractivity contribution is -0.125. The standard InChI is InChI=1S/C24H23NO4S/c1-16-9-14-21(28-2)20(15-16)25-23(26)22(17-7-5-4-6-8-17)29-24(27)18-10-12-19(30-3)13-11-18/h4-15,22H,1-3H3,(H,25,26)/t22-/m1/s1. The van der Waals surface area contributed by atoms with Crippen molar-refractivity contribution in [2.45, 2.75) is 17.9 Å². The zero-order valence-corrected chi connectivity index (χ0v) is 17.9. The normalized spacial score (nSPS) is 11.4. The van der Waals surface area contributed by atoms with Crippen LogP contribution >= 0.6 is 11.8 Å². The molecule has 154 valence electrons. The maximum absolute atomic E-state index is 13.1. The van der Waals surface area contributed by atoms with Gasteiger partial charge in [-0.2, -0.15) is 0 Å². The van der Waals surface area contributed by atoms with Crippen molar-refractivity contribution in [1.82, 2.24) is 0 Å². The molecule has 3 aromatic carbocycles. The summed E-state index contributed by atoms with van der Waals surface area (Å²) in [5.41, 5.74) is 2.45. The van der Waals surface area contributed by atoms with Gasteiger partial charge < -0.3 is 14.8 Å². The van der Waals surface area contributed by atoms with Crippen LogP contribution in [0.1, 0.15) is 27.6 Å². The zero-order chi connectivity index (χ0) is 21.5. The molecule has 0 fully saturated rings. The predicted octanol–water partition coefficient (Wildman–Crippen LogP) is 5.26. The van der Waals surface area contributed by atoms with Crippen molar-refractivity contribution in [2.24, 2.45) is 0 Å². The second-order valence-electron chi connectivity index (χ2n) is 6.62. The van der Waals surface area contributed by atoms with Gasteiger partial charge in [0.2, 0.25) is 6.10 Å². The Hall–Kier alpha value is -3.25. The quantitative estimate of drug-likeness (QED) is 0.416. The van der Waals surface area contributed by atoms with Gasteiger partial charge in [0.05, 0.1) is 18.4 Å². The Labute approximate surface area is 180 Å². The number of rotatable bonds is 7. The highest BCUT2D eigenvalue weighted by molar-refractivity contribution is 7.98. The molecule has 0 bridgehead atoms. The molecule has 0 saturated heterocycles. The first-order chi connectivity index (χ1) is 14.5. The number of hydrogen-bond acceptors (Lipinski definition) is 5. The summed E-state index contributed by atoms with van der Waals surface area (Å²) in [5, 5.41) is 2.83. The summed E-state index contributed by atoms with van der Waals surface area (Å²) in [6.07, 6.45) is 0.854. The monoisotopic (exact) mass is 421 g/mol. The van der Waals surface area contributed by atoms with Crippen LogP contribution in [0.4, 0.5) is 5.69 Å². The topological polar surface area (TPSA) is 64.6 Å². The molecule has 0 aliphatic heterocycles. The molecule has 30 heavy (non-hydrogen) atoms. The third kappa shape index (κ3) is 5.21. The van der Waals surface area contributed by atoms with E-state index in [1.807, 2.05) is 43.5 Å². The number of thioether (sulfide) groups is 1. The molecule has 0 unspecified atom stereocenters. The van der Waals surface area contributed by atoms with Gasteiger partial charge in [-0.1, -0.05) is 36.4 Å². The SMILES string of the molecule is COc1ccc(C)cc1NC(=O)[C@H](OC(=O)c1ccc(SC)cc1)c1ccccc1. The van der Waals surface area contributed by atoms with Crippen LogP contribution in [-0.2, 0) is 9.53 Å². The molecule has 0 aliphatic rings. The van der Waals surface area contributed by atoms with Crippen LogP contribution in [0.15, 0.2) is 77.7 Å². The number of nitrogens with one attached hydrogen (secondary N) is 1. The lowest BCUT2D eigenvalue weighted by Crippen LogP contribution is -2.26. The first-order valence-electron chi connectivity index (χ1n) is 9.37. The van der Waals surface area contributed by atoms with Gasteiger partial charge in [-0.15, -0.1) is 11.8 Å². The van der Waals surface area contributed by atoms with Crippen LogP contribution in [0.5, 0.6) is 5.75 Å². The van der Waals surface area contributed by atoms with E-state index in [2.05, 4.69) is 5.32 Å². The fourth-order valence-corrected chi connectivity index (χ4v) is 3.33. The molecule has 0 aromatic heterocycles. The number of hydrogen-bond donors (Lipinski definition) is 1. The third-order valence-electron chi connectivity index (χ3n) is 4.50. The molecule has 3 aromatic rings. The van der Waals surface area contributed by atoms with Crippen molar-refractivity contribution in [3.05, 3.63) is 89.5 Å². The van der Waals surface area contributed by atoms with Gasteiger partial charge in [0.25, 0.3) is 5.91 Å². The van der Waals surface area contributed by atoms with Gasteiger partial charge in [-0.25, -0.2) is 4.79 Å². The van der Waals surface area contributed by atoms with Crippen LogP contribution in [0.2, 0.25) is 0 Å².